The maximum Gasteiger partial charge on any atom is 0.141 e. The Morgan fingerprint density at radius 1 is 1.00 bits per heavy atom. The van der Waals surface area contributed by atoms with Gasteiger partial charge in [0.05, 0.1) is 11.0 Å². The van der Waals surface area contributed by atoms with E-state index in [1.807, 2.05) is 0 Å². The summed E-state index contributed by atoms with van der Waals surface area (Å²) in [5.74, 6) is 1.11. The summed E-state index contributed by atoms with van der Waals surface area (Å²) in [6.07, 6.45) is 3.71. The number of aryl methyl sites for hydroxylation is 3. The maximum atomic E-state index is 4.92. The molecule has 0 aliphatic carbocycles. The lowest BCUT2D eigenvalue weighted by molar-refractivity contribution is 0.617. The Hall–Kier alpha value is -2.09. The van der Waals surface area contributed by atoms with Crippen molar-refractivity contribution in [1.29, 1.82) is 0 Å². The van der Waals surface area contributed by atoms with Gasteiger partial charge in [-0.1, -0.05) is 55.7 Å². The van der Waals surface area contributed by atoms with E-state index in [1.54, 1.807) is 0 Å². The maximum absolute atomic E-state index is 4.92. The van der Waals surface area contributed by atoms with E-state index in [4.69, 9.17) is 4.98 Å². The molecule has 1 aromatic heterocycles. The molecule has 0 unspecified atom stereocenters. The van der Waals surface area contributed by atoms with Crippen molar-refractivity contribution in [3.8, 4) is 11.4 Å². The van der Waals surface area contributed by atoms with Gasteiger partial charge < -0.3 is 4.57 Å². The first-order chi connectivity index (χ1) is 10.7. The number of fused-ring (bicyclic) bond motifs is 1. The molecule has 0 amide bonds. The Bertz CT molecular complexity index is 784. The van der Waals surface area contributed by atoms with Crippen molar-refractivity contribution >= 4 is 11.0 Å². The van der Waals surface area contributed by atoms with Crippen LogP contribution in [0.15, 0.2) is 42.5 Å². The third kappa shape index (κ3) is 2.78. The fourth-order valence-electron chi connectivity index (χ4n) is 3.09. The highest BCUT2D eigenvalue weighted by Gasteiger charge is 2.13. The average Bonchev–Trinajstić information content (AvgIpc) is 2.86. The summed E-state index contributed by atoms with van der Waals surface area (Å²) in [6, 6.07) is 15.1. The van der Waals surface area contributed by atoms with Gasteiger partial charge in [0, 0.05) is 12.1 Å². The fourth-order valence-corrected chi connectivity index (χ4v) is 3.09. The molecule has 2 heteroatoms. The zero-order chi connectivity index (χ0) is 15.5. The minimum absolute atomic E-state index is 1.04. The van der Waals surface area contributed by atoms with Gasteiger partial charge in [0.1, 0.15) is 5.82 Å². The van der Waals surface area contributed by atoms with E-state index in [0.29, 0.717) is 0 Å². The lowest BCUT2D eigenvalue weighted by Crippen LogP contribution is -2.02. The van der Waals surface area contributed by atoms with Crippen LogP contribution in [-0.2, 0) is 6.54 Å². The van der Waals surface area contributed by atoms with Gasteiger partial charge in [0.25, 0.3) is 0 Å². The monoisotopic (exact) mass is 292 g/mol. The molecule has 3 aromatic rings. The first-order valence-electron chi connectivity index (χ1n) is 8.23. The number of imidazole rings is 1. The van der Waals surface area contributed by atoms with Crippen LogP contribution in [0, 0.1) is 13.8 Å². The summed E-state index contributed by atoms with van der Waals surface area (Å²) in [5, 5.41) is 0. The third-order valence-corrected chi connectivity index (χ3v) is 4.26. The number of unbranched alkanes of at least 4 members (excludes halogenated alkanes) is 2. The molecule has 114 valence electrons. The standard InChI is InChI=1S/C20H24N2/c1-4-5-8-13-22-19-10-7-6-9-18(19)21-20(22)17-12-11-15(2)14-16(17)3/h6-7,9-12,14H,4-5,8,13H2,1-3H3. The van der Waals surface area contributed by atoms with Gasteiger partial charge in [-0.3, -0.25) is 0 Å². The molecule has 0 atom stereocenters. The predicted octanol–water partition coefficient (Wildman–Crippen LogP) is 5.51. The van der Waals surface area contributed by atoms with Crippen LogP contribution in [0.2, 0.25) is 0 Å². The van der Waals surface area contributed by atoms with Crippen LogP contribution in [0.4, 0.5) is 0 Å². The first kappa shape index (κ1) is 14.8. The Kier molecular flexibility index (Phi) is 4.28. The van der Waals surface area contributed by atoms with Crippen LogP contribution in [0.25, 0.3) is 22.4 Å². The third-order valence-electron chi connectivity index (χ3n) is 4.26. The van der Waals surface area contributed by atoms with Crippen molar-refractivity contribution in [2.24, 2.45) is 0 Å². The molecule has 0 N–H and O–H groups in total. The quantitative estimate of drug-likeness (QED) is 0.567. The van der Waals surface area contributed by atoms with E-state index < -0.39 is 0 Å². The number of aromatic nitrogens is 2. The van der Waals surface area contributed by atoms with E-state index in [1.165, 1.54) is 41.5 Å². The summed E-state index contributed by atoms with van der Waals surface area (Å²) in [6.45, 7) is 7.60. The SMILES string of the molecule is CCCCCn1c(-c2ccc(C)cc2C)nc2ccccc21. The summed E-state index contributed by atoms with van der Waals surface area (Å²) in [4.78, 5) is 4.92. The Labute approximate surface area is 132 Å². The minimum atomic E-state index is 1.04. The molecule has 0 aliphatic rings. The molecule has 0 spiro atoms. The van der Waals surface area contributed by atoms with Crippen molar-refractivity contribution in [2.45, 2.75) is 46.6 Å². The zero-order valence-electron chi connectivity index (χ0n) is 13.8. The van der Waals surface area contributed by atoms with Gasteiger partial charge in [-0.25, -0.2) is 4.98 Å². The normalized spacial score (nSPS) is 11.2. The van der Waals surface area contributed by atoms with Crippen molar-refractivity contribution in [1.82, 2.24) is 9.55 Å². The molecule has 0 fully saturated rings. The topological polar surface area (TPSA) is 17.8 Å². The van der Waals surface area contributed by atoms with Gasteiger partial charge in [0.2, 0.25) is 0 Å². The number of nitrogens with zero attached hydrogens (tertiary/aromatic N) is 2. The van der Waals surface area contributed by atoms with Crippen LogP contribution < -0.4 is 0 Å². The van der Waals surface area contributed by atoms with E-state index in [9.17, 15) is 0 Å². The summed E-state index contributed by atoms with van der Waals surface area (Å²) in [7, 11) is 0. The van der Waals surface area contributed by atoms with Crippen LogP contribution in [-0.4, -0.2) is 9.55 Å². The van der Waals surface area contributed by atoms with Gasteiger partial charge >= 0.3 is 0 Å². The number of para-hydroxylation sites is 2. The molecule has 0 bridgehead atoms. The van der Waals surface area contributed by atoms with Crippen molar-refractivity contribution in [3.05, 3.63) is 53.6 Å². The summed E-state index contributed by atoms with van der Waals surface area (Å²) >= 11 is 0. The largest absolute Gasteiger partial charge is 0.324 e. The van der Waals surface area contributed by atoms with Gasteiger partial charge in [0.15, 0.2) is 0 Å². The highest BCUT2D eigenvalue weighted by Crippen LogP contribution is 2.28. The van der Waals surface area contributed by atoms with Crippen molar-refractivity contribution in [3.63, 3.8) is 0 Å². The van der Waals surface area contributed by atoms with Crippen LogP contribution >= 0.6 is 0 Å². The second-order valence-corrected chi connectivity index (χ2v) is 6.10. The lowest BCUT2D eigenvalue weighted by Gasteiger charge is -2.11. The zero-order valence-corrected chi connectivity index (χ0v) is 13.8. The molecule has 3 rings (SSSR count). The second-order valence-electron chi connectivity index (χ2n) is 6.10. The molecule has 2 aromatic carbocycles. The molecular weight excluding hydrogens is 268 g/mol. The van der Waals surface area contributed by atoms with Crippen LogP contribution in [0.5, 0.6) is 0 Å². The fraction of sp³-hybridized carbons (Fsp3) is 0.350. The lowest BCUT2D eigenvalue weighted by atomic mass is 10.1. The van der Waals surface area contributed by atoms with Crippen LogP contribution in [0.1, 0.15) is 37.3 Å². The molecule has 1 heterocycles. The Morgan fingerprint density at radius 3 is 2.59 bits per heavy atom. The number of rotatable bonds is 5. The summed E-state index contributed by atoms with van der Waals surface area (Å²) in [5.41, 5.74) is 6.18. The predicted molar refractivity (Wildman–Crippen MR) is 94.2 cm³/mol. The van der Waals surface area contributed by atoms with E-state index in [-0.39, 0.29) is 0 Å². The number of benzene rings is 2. The van der Waals surface area contributed by atoms with Gasteiger partial charge in [-0.05, 0) is 38.0 Å². The van der Waals surface area contributed by atoms with Gasteiger partial charge in [-0.15, -0.1) is 0 Å². The number of hydrogen-bond acceptors (Lipinski definition) is 1. The molecule has 0 saturated heterocycles. The van der Waals surface area contributed by atoms with Gasteiger partial charge in [-0.2, -0.15) is 0 Å². The molecule has 0 saturated carbocycles. The second kappa shape index (κ2) is 6.35. The molecule has 22 heavy (non-hydrogen) atoms. The molecule has 0 radical (unpaired) electrons. The van der Waals surface area contributed by atoms with Crippen LogP contribution in [0.3, 0.4) is 0 Å². The minimum Gasteiger partial charge on any atom is -0.324 e. The smallest absolute Gasteiger partial charge is 0.141 e. The van der Waals surface area contributed by atoms with Crippen molar-refractivity contribution < 1.29 is 0 Å². The molecule has 2 nitrogen and oxygen atoms in total. The van der Waals surface area contributed by atoms with Crippen molar-refractivity contribution in [2.75, 3.05) is 0 Å². The highest BCUT2D eigenvalue weighted by molar-refractivity contribution is 5.81. The molecule has 0 aliphatic heterocycles. The van der Waals surface area contributed by atoms with E-state index in [2.05, 4.69) is 67.8 Å². The highest BCUT2D eigenvalue weighted by atomic mass is 15.1. The first-order valence-corrected chi connectivity index (χ1v) is 8.23. The average molecular weight is 292 g/mol. The number of hydrogen-bond donors (Lipinski definition) is 0. The Balaban J connectivity index is 2.12. The van der Waals surface area contributed by atoms with E-state index >= 15 is 0 Å². The van der Waals surface area contributed by atoms with E-state index in [0.717, 1.165) is 17.9 Å². The summed E-state index contributed by atoms with van der Waals surface area (Å²) < 4.78 is 2.39. The Morgan fingerprint density at radius 2 is 1.82 bits per heavy atom. The molecular formula is C20H24N2.